The lowest BCUT2D eigenvalue weighted by molar-refractivity contribution is -0.289. The van der Waals surface area contributed by atoms with Crippen molar-refractivity contribution in [2.24, 2.45) is 0 Å². The van der Waals surface area contributed by atoms with Crippen molar-refractivity contribution in [3.63, 3.8) is 0 Å². The maximum atomic E-state index is 8.60. The molecule has 0 rings (SSSR count). The van der Waals surface area contributed by atoms with E-state index in [1.165, 1.54) is 0 Å². The summed E-state index contributed by atoms with van der Waals surface area (Å²) in [4.78, 5) is 9.46. The van der Waals surface area contributed by atoms with Gasteiger partial charge in [0.15, 0.2) is 0 Å². The summed E-state index contributed by atoms with van der Waals surface area (Å²) >= 11 is 0. The lowest BCUT2D eigenvalue weighted by Crippen LogP contribution is -2.16. The van der Waals surface area contributed by atoms with Crippen molar-refractivity contribution in [1.29, 1.82) is 0 Å². The van der Waals surface area contributed by atoms with Gasteiger partial charge in [-0.3, -0.25) is 0 Å². The molecular formula is C47H92O24. The van der Waals surface area contributed by atoms with Gasteiger partial charge in [0, 0.05) is 0 Å². The van der Waals surface area contributed by atoms with Crippen molar-refractivity contribution in [1.82, 2.24) is 0 Å². The molecule has 24 heteroatoms. The molecule has 0 spiro atoms. The molecule has 0 fully saturated rings. The third-order valence-corrected chi connectivity index (χ3v) is 8.21. The molecule has 0 aliphatic heterocycles. The largest absolute Gasteiger partial charge is 0.394 e. The molecule has 424 valence electrons. The Kier molecular flexibility index (Phi) is 67.2. The van der Waals surface area contributed by atoms with Gasteiger partial charge in [-0.2, -0.15) is 0 Å². The Hall–Kier alpha value is -1.40. The van der Waals surface area contributed by atoms with E-state index in [-0.39, 0.29) is 13.2 Å². The smallest absolute Gasteiger partial charge is 0.142 e. The van der Waals surface area contributed by atoms with Crippen LogP contribution in [-0.2, 0) is 109 Å². The molecule has 0 aliphatic carbocycles. The Labute approximate surface area is 423 Å². The summed E-state index contributed by atoms with van der Waals surface area (Å²) in [5, 5.41) is 8.60. The Bertz CT molecular complexity index is 975. The Balaban J connectivity index is 3.07. The maximum Gasteiger partial charge on any atom is 0.142 e. The standard InChI is InChI=1S/C47H92O24/c1-2-4-70-71-47-46-69-45-44-68-43-42-67-41-40-66-39-38-65-37-36-64-35-34-63-33-32-62-31-30-61-29-28-60-27-26-59-25-24-58-23-22-57-21-20-56-19-18-55-17-16-54-15-14-53-13-12-52-11-10-51-9-8-50-7-6-49-5-3-48/h1,48H,3-47H2. The summed E-state index contributed by atoms with van der Waals surface area (Å²) < 4.78 is 114. The maximum absolute atomic E-state index is 8.60. The fraction of sp³-hybridized carbons (Fsp3) is 0.957. The SMILES string of the molecule is C#CCOOCCOCCOCCOCCOCCOCCOCCOCCOCCOCCOCCOCCOCCOCCOCCOCCOCCOCCOCCOCCOCCOCCO. The molecule has 1 N–H and O–H groups in total. The highest BCUT2D eigenvalue weighted by Gasteiger charge is 2.00. The molecule has 0 radical (unpaired) electrons. The van der Waals surface area contributed by atoms with E-state index < -0.39 is 0 Å². The molecule has 71 heavy (non-hydrogen) atoms. The van der Waals surface area contributed by atoms with Crippen LogP contribution in [0.2, 0.25) is 0 Å². The van der Waals surface area contributed by atoms with Gasteiger partial charge in [0.05, 0.1) is 284 Å². The highest BCUT2D eigenvalue weighted by atomic mass is 17.2. The fourth-order valence-corrected chi connectivity index (χ4v) is 4.79. The quantitative estimate of drug-likeness (QED) is 0.0363. The van der Waals surface area contributed by atoms with Crippen molar-refractivity contribution in [3.8, 4) is 12.3 Å². The van der Waals surface area contributed by atoms with Gasteiger partial charge >= 0.3 is 0 Å². The van der Waals surface area contributed by atoms with Gasteiger partial charge in [-0.1, -0.05) is 5.92 Å². The predicted octanol–water partition coefficient (Wildman–Crippen LogP) is -0.0913. The molecule has 0 bridgehead atoms. The van der Waals surface area contributed by atoms with Crippen LogP contribution >= 0.6 is 0 Å². The van der Waals surface area contributed by atoms with E-state index in [1.807, 2.05) is 0 Å². The van der Waals surface area contributed by atoms with Gasteiger partial charge in [0.25, 0.3) is 0 Å². The number of hydrogen-bond donors (Lipinski definition) is 1. The highest BCUT2D eigenvalue weighted by molar-refractivity contribution is 4.82. The first-order valence-electron chi connectivity index (χ1n) is 24.8. The molecule has 0 amide bonds. The normalized spacial score (nSPS) is 11.6. The first-order valence-corrected chi connectivity index (χ1v) is 24.8. The second-order valence-corrected chi connectivity index (χ2v) is 13.9. The van der Waals surface area contributed by atoms with Crippen molar-refractivity contribution in [3.05, 3.63) is 0 Å². The van der Waals surface area contributed by atoms with Crippen LogP contribution in [0.5, 0.6) is 0 Å². The number of aliphatic hydroxyl groups is 1. The minimum Gasteiger partial charge on any atom is -0.394 e. The summed E-state index contributed by atoms with van der Waals surface area (Å²) in [5.41, 5.74) is 0. The summed E-state index contributed by atoms with van der Waals surface area (Å²) in [6, 6.07) is 0. The first-order chi connectivity index (χ1) is 35.4. The van der Waals surface area contributed by atoms with Crippen molar-refractivity contribution >= 4 is 0 Å². The zero-order chi connectivity index (χ0) is 50.8. The zero-order valence-electron chi connectivity index (χ0n) is 42.7. The third kappa shape index (κ3) is 68.6. The van der Waals surface area contributed by atoms with E-state index in [4.69, 9.17) is 116 Å². The molecule has 0 saturated heterocycles. The predicted molar refractivity (Wildman–Crippen MR) is 255 cm³/mol. The monoisotopic (exact) mass is 1040 g/mol. The summed E-state index contributed by atoms with van der Waals surface area (Å²) in [6.45, 7) is 20.6. The Morgan fingerprint density at radius 3 is 0.437 bits per heavy atom. The van der Waals surface area contributed by atoms with Crippen LogP contribution in [-0.4, -0.2) is 302 Å². The molecule has 0 aliphatic rings. The molecule has 0 saturated carbocycles. The summed E-state index contributed by atoms with van der Waals surface area (Å²) in [7, 11) is 0. The average Bonchev–Trinajstić information content (AvgIpc) is 3.38. The molecular weight excluding hydrogens is 948 g/mol. The number of rotatable bonds is 67. The second-order valence-electron chi connectivity index (χ2n) is 13.9. The van der Waals surface area contributed by atoms with Crippen LogP contribution in [0.3, 0.4) is 0 Å². The second kappa shape index (κ2) is 68.6. The minimum absolute atomic E-state index is 0.0182. The first kappa shape index (κ1) is 69.6. The molecule has 0 atom stereocenters. The molecule has 24 nitrogen and oxygen atoms in total. The summed E-state index contributed by atoms with van der Waals surface area (Å²) in [6.07, 6.45) is 5.03. The van der Waals surface area contributed by atoms with Gasteiger partial charge < -0.3 is 105 Å². The lowest BCUT2D eigenvalue weighted by Gasteiger charge is -2.09. The topological polar surface area (TPSA) is 233 Å². The van der Waals surface area contributed by atoms with E-state index in [0.29, 0.717) is 284 Å². The summed E-state index contributed by atoms with van der Waals surface area (Å²) in [5.74, 6) is 2.30. The highest BCUT2D eigenvalue weighted by Crippen LogP contribution is 1.90. The minimum atomic E-state index is 0.0182. The molecule has 0 heterocycles. The molecule has 0 aromatic heterocycles. The van der Waals surface area contributed by atoms with Crippen LogP contribution in [0.25, 0.3) is 0 Å². The number of ether oxygens (including phenoxy) is 21. The molecule has 0 aromatic carbocycles. The van der Waals surface area contributed by atoms with Crippen molar-refractivity contribution in [2.75, 3.05) is 297 Å². The van der Waals surface area contributed by atoms with Crippen LogP contribution in [0.1, 0.15) is 0 Å². The third-order valence-electron chi connectivity index (χ3n) is 8.21. The van der Waals surface area contributed by atoms with Crippen molar-refractivity contribution in [2.45, 2.75) is 0 Å². The average molecular weight is 1040 g/mol. The van der Waals surface area contributed by atoms with Gasteiger partial charge in [0.2, 0.25) is 0 Å². The van der Waals surface area contributed by atoms with Crippen LogP contribution in [0.4, 0.5) is 0 Å². The van der Waals surface area contributed by atoms with E-state index >= 15 is 0 Å². The van der Waals surface area contributed by atoms with E-state index in [2.05, 4.69) is 10.8 Å². The van der Waals surface area contributed by atoms with Gasteiger partial charge in [-0.25, -0.2) is 9.78 Å². The lowest BCUT2D eigenvalue weighted by atomic mass is 10.6. The zero-order valence-corrected chi connectivity index (χ0v) is 42.7. The van der Waals surface area contributed by atoms with Gasteiger partial charge in [-0.05, 0) is 0 Å². The van der Waals surface area contributed by atoms with Crippen LogP contribution < -0.4 is 0 Å². The molecule has 0 aromatic rings. The number of hydrogen-bond acceptors (Lipinski definition) is 24. The fourth-order valence-electron chi connectivity index (χ4n) is 4.79. The van der Waals surface area contributed by atoms with Gasteiger partial charge in [-0.15, -0.1) is 6.42 Å². The molecule has 0 unspecified atom stereocenters. The van der Waals surface area contributed by atoms with Gasteiger partial charge in [0.1, 0.15) is 13.2 Å². The van der Waals surface area contributed by atoms with Crippen LogP contribution in [0.15, 0.2) is 0 Å². The Morgan fingerprint density at radius 1 is 0.183 bits per heavy atom. The van der Waals surface area contributed by atoms with E-state index in [9.17, 15) is 0 Å². The van der Waals surface area contributed by atoms with E-state index in [1.54, 1.807) is 0 Å². The van der Waals surface area contributed by atoms with E-state index in [0.717, 1.165) is 0 Å². The van der Waals surface area contributed by atoms with Crippen molar-refractivity contribution < 1.29 is 114 Å². The Morgan fingerprint density at radius 2 is 0.310 bits per heavy atom. The number of terminal acetylenes is 1. The number of aliphatic hydroxyl groups excluding tert-OH is 1. The van der Waals surface area contributed by atoms with Crippen LogP contribution in [0, 0.1) is 12.3 Å².